The lowest BCUT2D eigenvalue weighted by molar-refractivity contribution is -0.144. The molecule has 78 valence electrons. The van der Waals surface area contributed by atoms with E-state index in [-0.39, 0.29) is 13.1 Å². The van der Waals surface area contributed by atoms with Gasteiger partial charge < -0.3 is 10.4 Å². The lowest BCUT2D eigenvalue weighted by Crippen LogP contribution is -2.33. The highest BCUT2D eigenvalue weighted by Crippen LogP contribution is 2.32. The number of β-amino-alcohol motifs (C(OH)–C–C–N with tert-alkyl or cyclic N) is 1. The third-order valence-corrected chi connectivity index (χ3v) is 2.16. The molecule has 2 nitrogen and oxygen atoms in total. The van der Waals surface area contributed by atoms with Crippen LogP contribution in [0.4, 0.5) is 17.6 Å². The van der Waals surface area contributed by atoms with Crippen LogP contribution in [0.5, 0.6) is 0 Å². The van der Waals surface area contributed by atoms with Crippen LogP contribution in [0.1, 0.15) is 6.42 Å². The Morgan fingerprint density at radius 3 is 2.38 bits per heavy atom. The third kappa shape index (κ3) is 2.54. The van der Waals surface area contributed by atoms with Gasteiger partial charge >= 0.3 is 12.3 Å². The number of hydrogen-bond acceptors (Lipinski definition) is 2. The summed E-state index contributed by atoms with van der Waals surface area (Å²) in [6, 6.07) is 0. The summed E-state index contributed by atoms with van der Waals surface area (Å²) in [4.78, 5) is 0. The van der Waals surface area contributed by atoms with Crippen molar-refractivity contribution in [2.75, 3.05) is 13.1 Å². The van der Waals surface area contributed by atoms with Crippen LogP contribution < -0.4 is 5.32 Å². The average Bonchev–Trinajstić information content (AvgIpc) is 2.35. The SMILES string of the molecule is O[C@@H]1CNC[C@H]1CC(F)(F)C(F)F. The molecule has 1 aliphatic heterocycles. The van der Waals surface area contributed by atoms with Crippen molar-refractivity contribution in [3.63, 3.8) is 0 Å². The summed E-state index contributed by atoms with van der Waals surface area (Å²) in [6.45, 7) is 0.369. The summed E-state index contributed by atoms with van der Waals surface area (Å²) in [6.07, 6.45) is -5.55. The van der Waals surface area contributed by atoms with Gasteiger partial charge in [-0.2, -0.15) is 0 Å². The Balaban J connectivity index is 2.47. The second-order valence-corrected chi connectivity index (χ2v) is 3.25. The molecule has 1 fully saturated rings. The van der Waals surface area contributed by atoms with Gasteiger partial charge in [-0.25, -0.2) is 17.6 Å². The Bertz CT molecular complexity index is 176. The monoisotopic (exact) mass is 201 g/mol. The van der Waals surface area contributed by atoms with E-state index < -0.39 is 30.8 Å². The van der Waals surface area contributed by atoms with Crippen molar-refractivity contribution in [3.8, 4) is 0 Å². The zero-order valence-electron chi connectivity index (χ0n) is 6.81. The molecule has 0 radical (unpaired) electrons. The maximum absolute atomic E-state index is 12.5. The fourth-order valence-corrected chi connectivity index (χ4v) is 1.37. The normalized spacial score (nSPS) is 30.0. The number of alkyl halides is 4. The summed E-state index contributed by atoms with van der Waals surface area (Å²) < 4.78 is 48.4. The van der Waals surface area contributed by atoms with Gasteiger partial charge in [0.25, 0.3) is 0 Å². The fraction of sp³-hybridized carbons (Fsp3) is 1.00. The standard InChI is InChI=1S/C7H11F4NO/c8-6(9)7(10,11)1-4-2-12-3-5(4)13/h4-6,12-13H,1-3H2/t4-,5-/m1/s1. The van der Waals surface area contributed by atoms with E-state index in [2.05, 4.69) is 5.32 Å². The van der Waals surface area contributed by atoms with E-state index in [0.717, 1.165) is 0 Å². The number of aliphatic hydroxyl groups excluding tert-OH is 1. The molecule has 1 heterocycles. The summed E-state index contributed by atoms with van der Waals surface area (Å²) in [7, 11) is 0. The van der Waals surface area contributed by atoms with E-state index >= 15 is 0 Å². The molecule has 0 aromatic heterocycles. The van der Waals surface area contributed by atoms with E-state index in [1.54, 1.807) is 0 Å². The van der Waals surface area contributed by atoms with E-state index in [1.165, 1.54) is 0 Å². The molecule has 2 atom stereocenters. The topological polar surface area (TPSA) is 32.3 Å². The van der Waals surface area contributed by atoms with Crippen LogP contribution in [0.3, 0.4) is 0 Å². The molecule has 0 aromatic rings. The van der Waals surface area contributed by atoms with Crippen LogP contribution in [0.2, 0.25) is 0 Å². The number of rotatable bonds is 3. The highest BCUT2D eigenvalue weighted by Gasteiger charge is 2.44. The molecule has 2 N–H and O–H groups in total. The Morgan fingerprint density at radius 2 is 2.00 bits per heavy atom. The lowest BCUT2D eigenvalue weighted by atomic mass is 9.98. The quantitative estimate of drug-likeness (QED) is 0.664. The lowest BCUT2D eigenvalue weighted by Gasteiger charge is -2.20. The van der Waals surface area contributed by atoms with Crippen molar-refractivity contribution in [1.82, 2.24) is 5.32 Å². The molecule has 0 amide bonds. The van der Waals surface area contributed by atoms with Crippen LogP contribution in [-0.2, 0) is 0 Å². The molecule has 0 saturated carbocycles. The van der Waals surface area contributed by atoms with Crippen molar-refractivity contribution in [2.24, 2.45) is 5.92 Å². The van der Waals surface area contributed by atoms with Crippen molar-refractivity contribution >= 4 is 0 Å². The maximum Gasteiger partial charge on any atom is 0.307 e. The van der Waals surface area contributed by atoms with E-state index in [9.17, 15) is 17.6 Å². The Kier molecular flexibility index (Phi) is 3.13. The first kappa shape index (κ1) is 10.7. The second kappa shape index (κ2) is 3.79. The highest BCUT2D eigenvalue weighted by molar-refractivity contribution is 4.85. The molecule has 0 spiro atoms. The zero-order valence-corrected chi connectivity index (χ0v) is 6.81. The minimum Gasteiger partial charge on any atom is -0.391 e. The number of nitrogens with one attached hydrogen (secondary N) is 1. The first-order valence-electron chi connectivity index (χ1n) is 3.98. The number of aliphatic hydroxyl groups is 1. The van der Waals surface area contributed by atoms with Gasteiger partial charge in [-0.05, 0) is 0 Å². The second-order valence-electron chi connectivity index (χ2n) is 3.25. The van der Waals surface area contributed by atoms with E-state index in [1.807, 2.05) is 0 Å². The fourth-order valence-electron chi connectivity index (χ4n) is 1.37. The van der Waals surface area contributed by atoms with Crippen LogP contribution >= 0.6 is 0 Å². The Morgan fingerprint density at radius 1 is 1.38 bits per heavy atom. The van der Waals surface area contributed by atoms with Gasteiger partial charge in [0.05, 0.1) is 6.10 Å². The average molecular weight is 201 g/mol. The molecule has 0 bridgehead atoms. The molecule has 13 heavy (non-hydrogen) atoms. The van der Waals surface area contributed by atoms with Gasteiger partial charge in [-0.1, -0.05) is 0 Å². The van der Waals surface area contributed by atoms with Gasteiger partial charge in [0.1, 0.15) is 0 Å². The summed E-state index contributed by atoms with van der Waals surface area (Å²) in [5.41, 5.74) is 0. The summed E-state index contributed by atoms with van der Waals surface area (Å²) >= 11 is 0. The van der Waals surface area contributed by atoms with E-state index in [4.69, 9.17) is 5.11 Å². The largest absolute Gasteiger partial charge is 0.391 e. The highest BCUT2D eigenvalue weighted by atomic mass is 19.3. The van der Waals surface area contributed by atoms with Gasteiger partial charge in [-0.15, -0.1) is 0 Å². The Hall–Kier alpha value is -0.360. The van der Waals surface area contributed by atoms with Crippen molar-refractivity contribution in [2.45, 2.75) is 24.9 Å². The van der Waals surface area contributed by atoms with E-state index in [0.29, 0.717) is 0 Å². The van der Waals surface area contributed by atoms with Gasteiger partial charge in [0.2, 0.25) is 0 Å². The molecular formula is C7H11F4NO. The van der Waals surface area contributed by atoms with Gasteiger partial charge in [-0.3, -0.25) is 0 Å². The number of halogens is 4. The third-order valence-electron chi connectivity index (χ3n) is 2.16. The smallest absolute Gasteiger partial charge is 0.307 e. The first-order valence-corrected chi connectivity index (χ1v) is 3.98. The molecule has 1 rings (SSSR count). The predicted octanol–water partition coefficient (Wildman–Crippen LogP) is 0.857. The maximum atomic E-state index is 12.5. The van der Waals surface area contributed by atoms with Gasteiger partial charge in [0, 0.05) is 25.4 Å². The zero-order chi connectivity index (χ0) is 10.1. The van der Waals surface area contributed by atoms with Crippen molar-refractivity contribution < 1.29 is 22.7 Å². The molecule has 0 aliphatic carbocycles. The summed E-state index contributed by atoms with van der Waals surface area (Å²) in [5.74, 6) is -4.76. The predicted molar refractivity (Wildman–Crippen MR) is 37.9 cm³/mol. The summed E-state index contributed by atoms with van der Waals surface area (Å²) in [5, 5.41) is 11.7. The molecule has 0 aromatic carbocycles. The van der Waals surface area contributed by atoms with Crippen molar-refractivity contribution in [3.05, 3.63) is 0 Å². The molecule has 6 heteroatoms. The molecular weight excluding hydrogens is 190 g/mol. The van der Waals surface area contributed by atoms with Crippen LogP contribution in [0.15, 0.2) is 0 Å². The molecule has 1 aliphatic rings. The van der Waals surface area contributed by atoms with Crippen LogP contribution in [0.25, 0.3) is 0 Å². The minimum atomic E-state index is -3.99. The van der Waals surface area contributed by atoms with Crippen molar-refractivity contribution in [1.29, 1.82) is 0 Å². The molecule has 1 saturated heterocycles. The Labute approximate surface area is 72.9 Å². The first-order chi connectivity index (χ1) is 5.93. The van der Waals surface area contributed by atoms with Gasteiger partial charge in [0.15, 0.2) is 0 Å². The van der Waals surface area contributed by atoms with Crippen LogP contribution in [-0.4, -0.2) is 36.6 Å². The molecule has 0 unspecified atom stereocenters. The van der Waals surface area contributed by atoms with Crippen LogP contribution in [0, 0.1) is 5.92 Å². The minimum absolute atomic E-state index is 0.170. The number of hydrogen-bond donors (Lipinski definition) is 2.